The van der Waals surface area contributed by atoms with E-state index in [2.05, 4.69) is 4.74 Å². The Morgan fingerprint density at radius 3 is 2.71 bits per heavy atom. The molecule has 1 heterocycles. The van der Waals surface area contributed by atoms with E-state index in [1.54, 1.807) is 0 Å². The van der Waals surface area contributed by atoms with Crippen molar-refractivity contribution in [3.8, 4) is 0 Å². The highest BCUT2D eigenvalue weighted by Crippen LogP contribution is 2.17. The molecule has 80 valence electrons. The van der Waals surface area contributed by atoms with Crippen LogP contribution in [0.15, 0.2) is 22.8 Å². The van der Waals surface area contributed by atoms with E-state index in [1.165, 1.54) is 18.4 Å². The van der Waals surface area contributed by atoms with Crippen LogP contribution in [-0.4, -0.2) is 24.5 Å². The van der Waals surface area contributed by atoms with Crippen molar-refractivity contribution in [2.45, 2.75) is 12.3 Å². The number of rotatable bonds is 4. The van der Waals surface area contributed by atoms with Crippen molar-refractivity contribution >= 4 is 0 Å². The Bertz CT molecular complexity index is 255. The van der Waals surface area contributed by atoms with Crippen molar-refractivity contribution in [1.82, 2.24) is 0 Å². The first-order chi connectivity index (χ1) is 6.49. The molecule has 0 saturated heterocycles. The fraction of sp³-hybridized carbons (Fsp3) is 0.500. The van der Waals surface area contributed by atoms with Crippen molar-refractivity contribution in [1.29, 1.82) is 0 Å². The van der Waals surface area contributed by atoms with Gasteiger partial charge in [-0.25, -0.2) is 0 Å². The van der Waals surface area contributed by atoms with E-state index in [9.17, 15) is 18.3 Å². The van der Waals surface area contributed by atoms with Gasteiger partial charge in [-0.15, -0.1) is 0 Å². The molecule has 0 fully saturated rings. The smallest absolute Gasteiger partial charge is 0.411 e. The number of ether oxygens (including phenoxy) is 1. The van der Waals surface area contributed by atoms with Gasteiger partial charge in [-0.05, 0) is 12.1 Å². The molecule has 0 radical (unpaired) electrons. The molecule has 6 heteroatoms. The van der Waals surface area contributed by atoms with Gasteiger partial charge in [-0.3, -0.25) is 0 Å². The molecule has 0 bridgehead atoms. The molecule has 14 heavy (non-hydrogen) atoms. The van der Waals surface area contributed by atoms with Crippen LogP contribution in [0.1, 0.15) is 11.9 Å². The summed E-state index contributed by atoms with van der Waals surface area (Å²) in [5.74, 6) is 0.187. The van der Waals surface area contributed by atoms with Crippen molar-refractivity contribution in [2.24, 2.45) is 0 Å². The summed E-state index contributed by atoms with van der Waals surface area (Å²) < 4.78 is 43.9. The third-order valence-electron chi connectivity index (χ3n) is 1.41. The van der Waals surface area contributed by atoms with E-state index in [0.29, 0.717) is 0 Å². The average Bonchev–Trinajstić information content (AvgIpc) is 2.53. The molecule has 0 saturated carbocycles. The van der Waals surface area contributed by atoms with Crippen LogP contribution in [-0.2, 0) is 4.74 Å². The third kappa shape index (κ3) is 3.80. The second-order valence-electron chi connectivity index (χ2n) is 2.66. The monoisotopic (exact) mass is 210 g/mol. The molecule has 1 N–H and O–H groups in total. The molecule has 0 amide bonds. The summed E-state index contributed by atoms with van der Waals surface area (Å²) in [5, 5.41) is 9.22. The Balaban J connectivity index is 2.26. The number of hydrogen-bond donors (Lipinski definition) is 1. The molecule has 0 spiro atoms. The molecule has 0 aliphatic heterocycles. The Kier molecular flexibility index (Phi) is 3.54. The number of hydrogen-bond acceptors (Lipinski definition) is 3. The summed E-state index contributed by atoms with van der Waals surface area (Å²) in [7, 11) is 0. The van der Waals surface area contributed by atoms with Gasteiger partial charge in [-0.1, -0.05) is 0 Å². The van der Waals surface area contributed by atoms with Crippen LogP contribution < -0.4 is 0 Å². The summed E-state index contributed by atoms with van der Waals surface area (Å²) in [6, 6.07) is 2.99. The van der Waals surface area contributed by atoms with Crippen molar-refractivity contribution in [2.75, 3.05) is 13.2 Å². The van der Waals surface area contributed by atoms with Crippen molar-refractivity contribution < 1.29 is 27.4 Å². The highest BCUT2D eigenvalue weighted by atomic mass is 19.4. The average molecular weight is 210 g/mol. The zero-order chi connectivity index (χ0) is 10.6. The molecular weight excluding hydrogens is 201 g/mol. The van der Waals surface area contributed by atoms with Gasteiger partial charge in [0.05, 0.1) is 12.9 Å². The number of furan rings is 1. The lowest BCUT2D eigenvalue weighted by Gasteiger charge is -2.10. The second kappa shape index (κ2) is 4.47. The molecule has 0 aromatic carbocycles. The van der Waals surface area contributed by atoms with E-state index < -0.39 is 25.5 Å². The Hall–Kier alpha value is -1.01. The topological polar surface area (TPSA) is 42.6 Å². The maximum Gasteiger partial charge on any atom is 0.411 e. The Morgan fingerprint density at radius 1 is 1.50 bits per heavy atom. The van der Waals surface area contributed by atoms with Gasteiger partial charge in [0, 0.05) is 0 Å². The minimum atomic E-state index is -4.37. The predicted molar refractivity (Wildman–Crippen MR) is 40.5 cm³/mol. The first-order valence-corrected chi connectivity index (χ1v) is 3.85. The van der Waals surface area contributed by atoms with Crippen LogP contribution in [0, 0.1) is 0 Å². The lowest BCUT2D eigenvalue weighted by atomic mass is 10.3. The van der Waals surface area contributed by atoms with Crippen molar-refractivity contribution in [3.05, 3.63) is 24.2 Å². The van der Waals surface area contributed by atoms with Crippen LogP contribution in [0.2, 0.25) is 0 Å². The number of aliphatic hydroxyl groups is 1. The molecule has 0 aliphatic rings. The van der Waals surface area contributed by atoms with Gasteiger partial charge >= 0.3 is 6.18 Å². The fourth-order valence-corrected chi connectivity index (χ4v) is 0.849. The van der Waals surface area contributed by atoms with Crippen LogP contribution >= 0.6 is 0 Å². The number of halogens is 3. The van der Waals surface area contributed by atoms with Gasteiger partial charge in [0.25, 0.3) is 0 Å². The lowest BCUT2D eigenvalue weighted by molar-refractivity contribution is -0.179. The van der Waals surface area contributed by atoms with Gasteiger partial charge in [-0.2, -0.15) is 13.2 Å². The van der Waals surface area contributed by atoms with Crippen LogP contribution in [0.3, 0.4) is 0 Å². The lowest BCUT2D eigenvalue weighted by Crippen LogP contribution is -2.19. The standard InChI is InChI=1S/C8H9F3O3/c9-8(10,11)5-13-4-6(12)7-2-1-3-14-7/h1-3,6,12H,4-5H2. The van der Waals surface area contributed by atoms with Gasteiger partial charge in [0.1, 0.15) is 18.5 Å². The summed E-state index contributed by atoms with van der Waals surface area (Å²) in [4.78, 5) is 0. The Labute approximate surface area is 78.1 Å². The first-order valence-electron chi connectivity index (χ1n) is 3.85. The third-order valence-corrected chi connectivity index (χ3v) is 1.41. The molecule has 1 aromatic rings. The molecule has 1 unspecified atom stereocenters. The quantitative estimate of drug-likeness (QED) is 0.825. The summed E-state index contributed by atoms with van der Waals surface area (Å²) in [6.45, 7) is -1.81. The van der Waals surface area contributed by atoms with Crippen molar-refractivity contribution in [3.63, 3.8) is 0 Å². The normalized spacial score (nSPS) is 14.3. The predicted octanol–water partition coefficient (Wildman–Crippen LogP) is 1.89. The molecule has 1 rings (SSSR count). The zero-order valence-electron chi connectivity index (χ0n) is 7.12. The maximum atomic E-state index is 11.6. The van der Waals surface area contributed by atoms with E-state index in [0.717, 1.165) is 0 Å². The minimum absolute atomic E-state index is 0.187. The summed E-state index contributed by atoms with van der Waals surface area (Å²) in [6.07, 6.45) is -4.21. The summed E-state index contributed by atoms with van der Waals surface area (Å²) >= 11 is 0. The molecular formula is C8H9F3O3. The molecule has 1 atom stereocenters. The van der Waals surface area contributed by atoms with E-state index in [1.807, 2.05) is 0 Å². The molecule has 1 aromatic heterocycles. The number of alkyl halides is 3. The Morgan fingerprint density at radius 2 is 2.21 bits per heavy atom. The van der Waals surface area contributed by atoms with E-state index in [4.69, 9.17) is 4.42 Å². The first kappa shape index (κ1) is 11.1. The van der Waals surface area contributed by atoms with Crippen LogP contribution in [0.5, 0.6) is 0 Å². The van der Waals surface area contributed by atoms with Gasteiger partial charge in [0.2, 0.25) is 0 Å². The maximum absolute atomic E-state index is 11.6. The number of aliphatic hydroxyl groups excluding tert-OH is 1. The second-order valence-corrected chi connectivity index (χ2v) is 2.66. The van der Waals surface area contributed by atoms with Crippen LogP contribution in [0.25, 0.3) is 0 Å². The summed E-state index contributed by atoms with van der Waals surface area (Å²) in [5.41, 5.74) is 0. The van der Waals surface area contributed by atoms with E-state index >= 15 is 0 Å². The van der Waals surface area contributed by atoms with Gasteiger partial charge < -0.3 is 14.3 Å². The largest absolute Gasteiger partial charge is 0.467 e. The highest BCUT2D eigenvalue weighted by molar-refractivity contribution is 5.01. The minimum Gasteiger partial charge on any atom is -0.467 e. The molecule has 3 nitrogen and oxygen atoms in total. The fourth-order valence-electron chi connectivity index (χ4n) is 0.849. The SMILES string of the molecule is OC(COCC(F)(F)F)c1ccco1. The van der Waals surface area contributed by atoms with Gasteiger partial charge in [0.15, 0.2) is 0 Å². The molecule has 0 aliphatic carbocycles. The van der Waals surface area contributed by atoms with E-state index in [-0.39, 0.29) is 5.76 Å². The highest BCUT2D eigenvalue weighted by Gasteiger charge is 2.28. The zero-order valence-corrected chi connectivity index (χ0v) is 7.12. The van der Waals surface area contributed by atoms with Crippen LogP contribution in [0.4, 0.5) is 13.2 Å².